The molecule has 0 aliphatic carbocycles. The third kappa shape index (κ3) is 4.54. The Kier molecular flexibility index (Phi) is 4.80. The molecule has 0 radical (unpaired) electrons. The molecule has 0 spiro atoms. The van der Waals surface area contributed by atoms with Crippen LogP contribution in [0.2, 0.25) is 0 Å². The van der Waals surface area contributed by atoms with Crippen LogP contribution < -0.4 is 5.73 Å². The lowest BCUT2D eigenvalue weighted by atomic mass is 9.93. The summed E-state index contributed by atoms with van der Waals surface area (Å²) < 4.78 is 5.38. The molecular weight excluding hydrogens is 216 g/mol. The first-order valence-electron chi connectivity index (χ1n) is 6.57. The van der Waals surface area contributed by atoms with Gasteiger partial charge in [-0.05, 0) is 39.5 Å². The van der Waals surface area contributed by atoms with Gasteiger partial charge in [-0.1, -0.05) is 13.3 Å². The Balaban J connectivity index is 2.53. The molecule has 1 rings (SSSR count). The number of ether oxygens (including phenoxy) is 1. The second-order valence-electron chi connectivity index (χ2n) is 5.88. The van der Waals surface area contributed by atoms with E-state index in [1.54, 1.807) is 4.90 Å². The lowest BCUT2D eigenvalue weighted by Gasteiger charge is -2.26. The first-order valence-corrected chi connectivity index (χ1v) is 6.57. The van der Waals surface area contributed by atoms with Crippen LogP contribution in [0.25, 0.3) is 0 Å². The zero-order chi connectivity index (χ0) is 13.1. The Morgan fingerprint density at radius 1 is 1.35 bits per heavy atom. The highest BCUT2D eigenvalue weighted by Gasteiger charge is 2.27. The van der Waals surface area contributed by atoms with Gasteiger partial charge in [0.05, 0.1) is 0 Å². The molecule has 100 valence electrons. The molecule has 4 heteroatoms. The molecule has 0 bridgehead atoms. The van der Waals surface area contributed by atoms with Crippen molar-refractivity contribution in [3.63, 3.8) is 0 Å². The Labute approximate surface area is 104 Å². The molecule has 1 amide bonds. The molecule has 1 aliphatic heterocycles. The van der Waals surface area contributed by atoms with Gasteiger partial charge in [0.25, 0.3) is 0 Å². The van der Waals surface area contributed by atoms with Crippen LogP contribution in [0, 0.1) is 5.92 Å². The van der Waals surface area contributed by atoms with Gasteiger partial charge >= 0.3 is 6.09 Å². The van der Waals surface area contributed by atoms with E-state index in [9.17, 15) is 4.79 Å². The van der Waals surface area contributed by atoms with E-state index < -0.39 is 5.60 Å². The maximum atomic E-state index is 11.9. The van der Waals surface area contributed by atoms with Gasteiger partial charge in [0.1, 0.15) is 5.60 Å². The van der Waals surface area contributed by atoms with E-state index in [0.717, 1.165) is 25.8 Å². The summed E-state index contributed by atoms with van der Waals surface area (Å²) in [6.07, 6.45) is 2.74. The number of hydrogen-bond donors (Lipinski definition) is 1. The summed E-state index contributed by atoms with van der Waals surface area (Å²) in [6, 6.07) is 0.215. The monoisotopic (exact) mass is 242 g/mol. The molecule has 1 saturated heterocycles. The van der Waals surface area contributed by atoms with Crippen molar-refractivity contribution in [1.82, 2.24) is 4.90 Å². The fourth-order valence-electron chi connectivity index (χ4n) is 2.20. The van der Waals surface area contributed by atoms with E-state index >= 15 is 0 Å². The molecule has 2 unspecified atom stereocenters. The maximum Gasteiger partial charge on any atom is 0.410 e. The van der Waals surface area contributed by atoms with Crippen molar-refractivity contribution in [2.45, 2.75) is 58.6 Å². The van der Waals surface area contributed by atoms with E-state index in [0.29, 0.717) is 12.5 Å². The quantitative estimate of drug-likeness (QED) is 0.768. The van der Waals surface area contributed by atoms with Gasteiger partial charge in [-0.3, -0.25) is 0 Å². The van der Waals surface area contributed by atoms with Crippen molar-refractivity contribution in [2.24, 2.45) is 11.7 Å². The van der Waals surface area contributed by atoms with Crippen molar-refractivity contribution in [2.75, 3.05) is 13.1 Å². The molecule has 1 fully saturated rings. The van der Waals surface area contributed by atoms with Crippen LogP contribution >= 0.6 is 0 Å². The lowest BCUT2D eigenvalue weighted by molar-refractivity contribution is 0.0255. The lowest BCUT2D eigenvalue weighted by Crippen LogP contribution is -2.37. The Bertz CT molecular complexity index is 261. The highest BCUT2D eigenvalue weighted by atomic mass is 16.6. The van der Waals surface area contributed by atoms with Crippen LogP contribution in [0.3, 0.4) is 0 Å². The van der Waals surface area contributed by atoms with Crippen molar-refractivity contribution in [3.8, 4) is 0 Å². The number of nitrogens with zero attached hydrogens (tertiary/aromatic N) is 1. The number of hydrogen-bond acceptors (Lipinski definition) is 3. The Morgan fingerprint density at radius 3 is 2.47 bits per heavy atom. The van der Waals surface area contributed by atoms with Gasteiger partial charge in [-0.15, -0.1) is 0 Å². The first kappa shape index (κ1) is 14.3. The highest BCUT2D eigenvalue weighted by Crippen LogP contribution is 2.21. The molecule has 0 saturated carbocycles. The predicted molar refractivity (Wildman–Crippen MR) is 68.8 cm³/mol. The predicted octanol–water partition coefficient (Wildman–Crippen LogP) is 2.37. The van der Waals surface area contributed by atoms with E-state index in [1.165, 1.54) is 0 Å². The molecule has 0 aromatic rings. The average Bonchev–Trinajstić information content (AvgIpc) is 2.37. The molecular formula is C13H26N2O2. The van der Waals surface area contributed by atoms with Crippen LogP contribution in [0.4, 0.5) is 4.79 Å². The number of rotatable bonds is 1. The zero-order valence-electron chi connectivity index (χ0n) is 11.5. The third-order valence-corrected chi connectivity index (χ3v) is 3.28. The van der Waals surface area contributed by atoms with E-state index in [-0.39, 0.29) is 12.1 Å². The molecule has 17 heavy (non-hydrogen) atoms. The minimum absolute atomic E-state index is 0.207. The summed E-state index contributed by atoms with van der Waals surface area (Å²) in [5.74, 6) is 0.530. The fraction of sp³-hybridized carbons (Fsp3) is 0.923. The second kappa shape index (κ2) is 5.71. The van der Waals surface area contributed by atoms with Crippen LogP contribution in [0.1, 0.15) is 47.0 Å². The second-order valence-corrected chi connectivity index (χ2v) is 5.88. The summed E-state index contributed by atoms with van der Waals surface area (Å²) >= 11 is 0. The smallest absolute Gasteiger partial charge is 0.410 e. The van der Waals surface area contributed by atoms with Crippen LogP contribution in [-0.2, 0) is 4.74 Å². The summed E-state index contributed by atoms with van der Waals surface area (Å²) in [6.45, 7) is 9.32. The van der Waals surface area contributed by atoms with Gasteiger partial charge < -0.3 is 15.4 Å². The summed E-state index contributed by atoms with van der Waals surface area (Å²) in [5, 5.41) is 0. The number of carbonyl (C=O) groups is 1. The first-order chi connectivity index (χ1) is 7.83. The number of nitrogens with two attached hydrogens (primary N) is 1. The largest absolute Gasteiger partial charge is 0.444 e. The molecule has 0 aromatic heterocycles. The minimum Gasteiger partial charge on any atom is -0.444 e. The van der Waals surface area contributed by atoms with Crippen LogP contribution in [0.15, 0.2) is 0 Å². The number of likely N-dealkylation sites (tertiary alicyclic amines) is 1. The molecule has 2 N–H and O–H groups in total. The summed E-state index contributed by atoms with van der Waals surface area (Å²) in [7, 11) is 0. The van der Waals surface area contributed by atoms with Crippen LogP contribution in [0.5, 0.6) is 0 Å². The van der Waals surface area contributed by atoms with Gasteiger partial charge in [-0.25, -0.2) is 4.79 Å². The van der Waals surface area contributed by atoms with E-state index in [1.807, 2.05) is 20.8 Å². The molecule has 1 aliphatic rings. The maximum absolute atomic E-state index is 11.9. The van der Waals surface area contributed by atoms with Gasteiger partial charge in [0.2, 0.25) is 0 Å². The van der Waals surface area contributed by atoms with Gasteiger partial charge in [-0.2, -0.15) is 0 Å². The minimum atomic E-state index is -0.421. The normalized spacial score (nSPS) is 26.5. The Hall–Kier alpha value is -0.770. The van der Waals surface area contributed by atoms with Gasteiger partial charge in [0.15, 0.2) is 0 Å². The zero-order valence-corrected chi connectivity index (χ0v) is 11.5. The van der Waals surface area contributed by atoms with E-state index in [4.69, 9.17) is 10.5 Å². The molecule has 2 atom stereocenters. The highest BCUT2D eigenvalue weighted by molar-refractivity contribution is 5.68. The molecule has 1 heterocycles. The number of amides is 1. The van der Waals surface area contributed by atoms with Crippen LogP contribution in [-0.4, -0.2) is 35.7 Å². The fourth-order valence-corrected chi connectivity index (χ4v) is 2.20. The van der Waals surface area contributed by atoms with Crippen molar-refractivity contribution >= 4 is 6.09 Å². The summed E-state index contributed by atoms with van der Waals surface area (Å²) in [5.41, 5.74) is 5.68. The molecule has 0 aromatic carbocycles. The van der Waals surface area contributed by atoms with Crippen molar-refractivity contribution < 1.29 is 9.53 Å². The van der Waals surface area contributed by atoms with Crippen molar-refractivity contribution in [3.05, 3.63) is 0 Å². The summed E-state index contributed by atoms with van der Waals surface area (Å²) in [4.78, 5) is 13.7. The topological polar surface area (TPSA) is 55.6 Å². The standard InChI is InChI=1S/C13H26N2O2/c1-5-10-6-8-15(9-7-11(10)14)12(16)17-13(2,3)4/h10-11H,5-9,14H2,1-4H3. The SMILES string of the molecule is CCC1CCN(C(=O)OC(C)(C)C)CCC1N. The third-order valence-electron chi connectivity index (χ3n) is 3.28. The Morgan fingerprint density at radius 2 is 1.94 bits per heavy atom. The van der Waals surface area contributed by atoms with Gasteiger partial charge in [0, 0.05) is 19.1 Å². The average molecular weight is 242 g/mol. The molecule has 4 nitrogen and oxygen atoms in total. The number of carbonyl (C=O) groups excluding carboxylic acids is 1. The van der Waals surface area contributed by atoms with E-state index in [2.05, 4.69) is 6.92 Å². The van der Waals surface area contributed by atoms with Crippen molar-refractivity contribution in [1.29, 1.82) is 0 Å².